The molecular weight excluding hydrogens is 496 g/mol. The first kappa shape index (κ1) is 22.1. The van der Waals surface area contributed by atoms with Gasteiger partial charge in [0.05, 0.1) is 35.8 Å². The minimum absolute atomic E-state index is 0.00982. The number of benzene rings is 1. The van der Waals surface area contributed by atoms with Gasteiger partial charge in [0.15, 0.2) is 11.6 Å². The maximum atomic E-state index is 16.1. The Morgan fingerprint density at radius 2 is 2.19 bits per heavy atom. The fraction of sp³-hybridized carbons (Fsp3) is 0.500. The second-order valence-electron chi connectivity index (χ2n) is 9.50. The van der Waals surface area contributed by atoms with E-state index in [9.17, 15) is 14.4 Å². The predicted molar refractivity (Wildman–Crippen MR) is 124 cm³/mol. The summed E-state index contributed by atoms with van der Waals surface area (Å²) in [4.78, 5) is 45.4. The summed E-state index contributed by atoms with van der Waals surface area (Å²) < 4.78 is 38.2. The normalized spacial score (nSPS) is 33.4. The number of aliphatic imine (C=N–C) groups is 1. The Bertz CT molecular complexity index is 1400. The Kier molecular flexibility index (Phi) is 4.56. The van der Waals surface area contributed by atoms with Gasteiger partial charge < -0.3 is 23.6 Å². The number of cyclic esters (lactones) is 1. The molecule has 0 bridgehead atoms. The lowest BCUT2D eigenvalue weighted by molar-refractivity contribution is -0.129. The highest BCUT2D eigenvalue weighted by Gasteiger charge is 2.66. The monoisotopic (exact) mass is 517 g/mol. The van der Waals surface area contributed by atoms with Gasteiger partial charge in [-0.3, -0.25) is 10.1 Å². The molecule has 0 radical (unpaired) electrons. The number of hydrogen-bond acceptors (Lipinski definition) is 9. The SMILES string of the molecule is COC[C@@H]1[C@@H](C)OC(=O)N1c1noc2c(F)c3c(cc12)CC12C(=O)NC(=O)N=C1P[C@@H]1OCCN3[C@H]12. The van der Waals surface area contributed by atoms with Crippen LogP contribution in [0.5, 0.6) is 0 Å². The van der Waals surface area contributed by atoms with Gasteiger partial charge in [-0.25, -0.2) is 18.9 Å². The zero-order valence-corrected chi connectivity index (χ0v) is 20.2. The number of carbonyl (C=O) groups excluding carboxylic acids is 3. The molecule has 0 aliphatic carbocycles. The van der Waals surface area contributed by atoms with Crippen molar-refractivity contribution in [3.8, 4) is 0 Å². The summed E-state index contributed by atoms with van der Waals surface area (Å²) in [5.74, 6) is -1.34. The third kappa shape index (κ3) is 2.65. The average molecular weight is 517 g/mol. The molecule has 188 valence electrons. The molecule has 1 spiro atoms. The van der Waals surface area contributed by atoms with Gasteiger partial charge in [0.25, 0.3) is 0 Å². The molecule has 0 saturated carbocycles. The molecule has 3 saturated heterocycles. The standard InChI is InChI=1S/C22H21FN5O7P/c1-8-11(7-32-2)28(21(31)34-8)16-10-5-9-6-22-15-17(36-19(22)25-20(30)24-18(22)29)33-4-3-27(15)13(9)12(23)14(10)35-26-16/h5,8,11,15,17,36H,3-4,6-7H2,1-2H3,(H,24,29,30)/t8-,11-,15-,17+,22?/m1/s1. The van der Waals surface area contributed by atoms with Crippen molar-refractivity contribution in [1.82, 2.24) is 10.5 Å². The summed E-state index contributed by atoms with van der Waals surface area (Å²) in [6, 6.07) is 0.0252. The number of methoxy groups -OCH3 is 1. The minimum Gasteiger partial charge on any atom is -0.444 e. The van der Waals surface area contributed by atoms with E-state index in [1.807, 2.05) is 4.90 Å². The number of fused-ring (bicyclic) bond motifs is 3. The quantitative estimate of drug-likeness (QED) is 0.604. The molecule has 3 fully saturated rings. The maximum Gasteiger partial charge on any atom is 0.416 e. The van der Waals surface area contributed by atoms with Crippen LogP contribution in [0.2, 0.25) is 0 Å². The van der Waals surface area contributed by atoms with Crippen molar-refractivity contribution in [3.63, 3.8) is 0 Å². The number of rotatable bonds is 3. The molecule has 12 nitrogen and oxygen atoms in total. The van der Waals surface area contributed by atoms with E-state index in [0.29, 0.717) is 29.9 Å². The number of nitrogens with zero attached hydrogens (tertiary/aromatic N) is 4. The van der Waals surface area contributed by atoms with E-state index in [4.69, 9.17) is 18.7 Å². The zero-order chi connectivity index (χ0) is 24.9. The fourth-order valence-corrected chi connectivity index (χ4v) is 8.07. The first-order valence-corrected chi connectivity index (χ1v) is 12.6. The molecule has 1 aromatic heterocycles. The van der Waals surface area contributed by atoms with Gasteiger partial charge >= 0.3 is 12.1 Å². The molecule has 5 aliphatic rings. The highest BCUT2D eigenvalue weighted by atomic mass is 31.1. The average Bonchev–Trinajstić information content (AvgIpc) is 3.47. The molecule has 2 aromatic rings. The first-order valence-electron chi connectivity index (χ1n) is 11.5. The Hall–Kier alpha value is -3.15. The van der Waals surface area contributed by atoms with E-state index >= 15 is 4.39 Å². The molecule has 1 N–H and O–H groups in total. The number of hydrogen-bond donors (Lipinski definition) is 1. The summed E-state index contributed by atoms with van der Waals surface area (Å²) in [6.07, 6.45) is -0.990. The lowest BCUT2D eigenvalue weighted by Crippen LogP contribution is -2.66. The van der Waals surface area contributed by atoms with Crippen LogP contribution < -0.4 is 15.1 Å². The van der Waals surface area contributed by atoms with Crippen molar-refractivity contribution in [2.24, 2.45) is 10.4 Å². The highest BCUT2D eigenvalue weighted by molar-refractivity contribution is 7.60. The predicted octanol–water partition coefficient (Wildman–Crippen LogP) is 1.74. The van der Waals surface area contributed by atoms with Crippen molar-refractivity contribution in [3.05, 3.63) is 17.4 Å². The van der Waals surface area contributed by atoms with Crippen molar-refractivity contribution in [2.75, 3.05) is 36.7 Å². The van der Waals surface area contributed by atoms with Crippen LogP contribution in [0, 0.1) is 11.2 Å². The van der Waals surface area contributed by atoms with Crippen LogP contribution in [0.15, 0.2) is 15.6 Å². The summed E-state index contributed by atoms with van der Waals surface area (Å²) in [6.45, 7) is 2.61. The minimum atomic E-state index is -1.15. The summed E-state index contributed by atoms with van der Waals surface area (Å²) in [5.41, 5.74) is 0.0855. The van der Waals surface area contributed by atoms with Gasteiger partial charge in [-0.05, 0) is 33.6 Å². The third-order valence-corrected chi connectivity index (χ3v) is 9.31. The van der Waals surface area contributed by atoms with Gasteiger partial charge in [0, 0.05) is 13.7 Å². The van der Waals surface area contributed by atoms with E-state index in [1.165, 1.54) is 12.0 Å². The summed E-state index contributed by atoms with van der Waals surface area (Å²) in [7, 11) is 1.52. The van der Waals surface area contributed by atoms with Crippen molar-refractivity contribution >= 4 is 54.5 Å². The number of urea groups is 1. The van der Waals surface area contributed by atoms with E-state index in [2.05, 4.69) is 15.5 Å². The number of anilines is 2. The van der Waals surface area contributed by atoms with Gasteiger partial charge in [0.1, 0.15) is 23.4 Å². The van der Waals surface area contributed by atoms with Crippen LogP contribution in [-0.2, 0) is 25.4 Å². The Morgan fingerprint density at radius 3 is 3.00 bits per heavy atom. The van der Waals surface area contributed by atoms with Crippen molar-refractivity contribution < 1.29 is 37.5 Å². The lowest BCUT2D eigenvalue weighted by Gasteiger charge is -2.50. The number of carbonyl (C=O) groups is 3. The number of amides is 4. The molecule has 6 atom stereocenters. The molecule has 4 amide bonds. The molecular formula is C22H21FN5O7P. The molecule has 5 aliphatic heterocycles. The highest BCUT2D eigenvalue weighted by Crippen LogP contribution is 2.59. The summed E-state index contributed by atoms with van der Waals surface area (Å²) >= 11 is 0. The number of imide groups is 1. The third-order valence-electron chi connectivity index (χ3n) is 7.72. The second kappa shape index (κ2) is 7.44. The topological polar surface area (TPSA) is 136 Å². The Labute approximate surface area is 204 Å². The largest absolute Gasteiger partial charge is 0.444 e. The van der Waals surface area contributed by atoms with E-state index in [0.717, 1.165) is 0 Å². The molecule has 6 heterocycles. The van der Waals surface area contributed by atoms with Crippen molar-refractivity contribution in [2.45, 2.75) is 37.4 Å². The van der Waals surface area contributed by atoms with Gasteiger partial charge in [-0.1, -0.05) is 5.16 Å². The van der Waals surface area contributed by atoms with Crippen LogP contribution >= 0.6 is 8.58 Å². The van der Waals surface area contributed by atoms with E-state index < -0.39 is 47.5 Å². The van der Waals surface area contributed by atoms with Crippen LogP contribution in [0.4, 0.5) is 25.5 Å². The van der Waals surface area contributed by atoms with Gasteiger partial charge in [0.2, 0.25) is 11.5 Å². The number of morpholine rings is 1. The van der Waals surface area contributed by atoms with Gasteiger partial charge in [-0.15, -0.1) is 0 Å². The fourth-order valence-electron chi connectivity index (χ4n) is 6.20. The molecule has 2 unspecified atom stereocenters. The molecule has 14 heteroatoms. The number of ether oxygens (including phenoxy) is 3. The number of nitrogens with one attached hydrogen (secondary N) is 1. The Balaban J connectivity index is 1.42. The van der Waals surface area contributed by atoms with E-state index in [-0.39, 0.29) is 44.2 Å². The summed E-state index contributed by atoms with van der Waals surface area (Å²) in [5, 5.41) is 6.67. The molecule has 1 aromatic carbocycles. The van der Waals surface area contributed by atoms with Crippen molar-refractivity contribution in [1.29, 1.82) is 0 Å². The lowest BCUT2D eigenvalue weighted by atomic mass is 9.70. The smallest absolute Gasteiger partial charge is 0.416 e. The van der Waals surface area contributed by atoms with Crippen LogP contribution in [0.1, 0.15) is 12.5 Å². The molecule has 7 rings (SSSR count). The Morgan fingerprint density at radius 1 is 1.36 bits per heavy atom. The zero-order valence-electron chi connectivity index (χ0n) is 19.2. The van der Waals surface area contributed by atoms with Gasteiger partial charge in [-0.2, -0.15) is 4.99 Å². The maximum absolute atomic E-state index is 16.1. The van der Waals surface area contributed by atoms with Crippen LogP contribution in [-0.4, -0.2) is 79.5 Å². The number of halogens is 1. The van der Waals surface area contributed by atoms with Crippen LogP contribution in [0.3, 0.4) is 0 Å². The molecule has 36 heavy (non-hydrogen) atoms. The first-order chi connectivity index (χ1) is 17.3. The number of aromatic nitrogens is 1. The van der Waals surface area contributed by atoms with E-state index in [1.54, 1.807) is 13.0 Å². The van der Waals surface area contributed by atoms with Crippen LogP contribution in [0.25, 0.3) is 11.0 Å². The second-order valence-corrected chi connectivity index (χ2v) is 10.8.